The lowest BCUT2D eigenvalue weighted by atomic mass is 9.99. The lowest BCUT2D eigenvalue weighted by molar-refractivity contribution is -0.167. The lowest BCUT2D eigenvalue weighted by Gasteiger charge is -2.18. The van der Waals surface area contributed by atoms with E-state index in [4.69, 9.17) is 14.2 Å². The summed E-state index contributed by atoms with van der Waals surface area (Å²) < 4.78 is 16.6. The van der Waals surface area contributed by atoms with Crippen LogP contribution in [0.5, 0.6) is 0 Å². The van der Waals surface area contributed by atoms with E-state index in [1.165, 1.54) is 135 Å². The van der Waals surface area contributed by atoms with Crippen LogP contribution in [0.3, 0.4) is 0 Å². The van der Waals surface area contributed by atoms with Crippen LogP contribution in [0.1, 0.15) is 246 Å². The van der Waals surface area contributed by atoms with Crippen LogP contribution in [0.2, 0.25) is 0 Å². The molecule has 51 heavy (non-hydrogen) atoms. The van der Waals surface area contributed by atoms with Crippen LogP contribution in [0, 0.1) is 5.92 Å². The Balaban J connectivity index is 4.15. The molecule has 0 heterocycles. The summed E-state index contributed by atoms with van der Waals surface area (Å²) in [6.07, 6.45) is 38.2. The van der Waals surface area contributed by atoms with E-state index < -0.39 is 6.10 Å². The maximum atomic E-state index is 12.7. The average Bonchev–Trinajstić information content (AvgIpc) is 3.13. The van der Waals surface area contributed by atoms with Crippen molar-refractivity contribution in [2.75, 3.05) is 13.2 Å². The van der Waals surface area contributed by atoms with Crippen LogP contribution < -0.4 is 0 Å². The minimum atomic E-state index is -0.757. The third-order valence-electron chi connectivity index (χ3n) is 10.4. The first-order chi connectivity index (χ1) is 24.9. The Morgan fingerprint density at radius 1 is 0.392 bits per heavy atom. The van der Waals surface area contributed by atoms with Gasteiger partial charge in [-0.15, -0.1) is 0 Å². The van der Waals surface area contributed by atoms with Gasteiger partial charge in [0, 0.05) is 19.3 Å². The molecule has 2 atom stereocenters. The number of ether oxygens (including phenoxy) is 3. The molecule has 302 valence electrons. The molecule has 6 nitrogen and oxygen atoms in total. The number of unbranched alkanes of at least 4 members (excludes halogenated alkanes) is 26. The van der Waals surface area contributed by atoms with Crippen LogP contribution >= 0.6 is 0 Å². The Morgan fingerprint density at radius 2 is 0.686 bits per heavy atom. The second-order valence-electron chi connectivity index (χ2n) is 15.6. The number of rotatable bonds is 40. The van der Waals surface area contributed by atoms with Gasteiger partial charge < -0.3 is 14.2 Å². The minimum absolute atomic E-state index is 0.0650. The van der Waals surface area contributed by atoms with Gasteiger partial charge in [-0.3, -0.25) is 14.4 Å². The molecule has 0 aliphatic rings. The monoisotopic (exact) mass is 723 g/mol. The predicted octanol–water partition coefficient (Wildman–Crippen LogP) is 13.9. The highest BCUT2D eigenvalue weighted by atomic mass is 16.6. The van der Waals surface area contributed by atoms with Gasteiger partial charge in [0.1, 0.15) is 13.2 Å². The maximum absolute atomic E-state index is 12.7. The van der Waals surface area contributed by atoms with Gasteiger partial charge in [0.25, 0.3) is 0 Å². The van der Waals surface area contributed by atoms with Gasteiger partial charge in [0.05, 0.1) is 0 Å². The van der Waals surface area contributed by atoms with Crippen LogP contribution in [-0.2, 0) is 28.6 Å². The van der Waals surface area contributed by atoms with Crippen molar-refractivity contribution >= 4 is 17.9 Å². The minimum Gasteiger partial charge on any atom is -0.462 e. The molecule has 0 aliphatic heterocycles. The zero-order chi connectivity index (χ0) is 37.5. The first-order valence-electron chi connectivity index (χ1n) is 22.4. The van der Waals surface area contributed by atoms with Gasteiger partial charge in [-0.05, 0) is 25.2 Å². The Labute approximate surface area is 317 Å². The molecule has 0 radical (unpaired) electrons. The molecule has 0 bridgehead atoms. The summed E-state index contributed by atoms with van der Waals surface area (Å²) in [7, 11) is 0. The first-order valence-corrected chi connectivity index (χ1v) is 22.4. The largest absolute Gasteiger partial charge is 0.462 e. The standard InChI is InChI=1S/C45H86O6/c1-5-8-10-12-13-14-22-25-29-33-37-44(47)50-40-42(39-49-43(46)36-32-27-11-9-6-2)51-45(48)38-34-30-26-23-20-18-16-15-17-19-21-24-28-31-35-41(4)7-3/h41-42H,5-40H2,1-4H3/t41?,42-/m0/s1. The van der Waals surface area contributed by atoms with Crippen LogP contribution in [0.4, 0.5) is 0 Å². The van der Waals surface area contributed by atoms with Crippen molar-refractivity contribution in [3.63, 3.8) is 0 Å². The van der Waals surface area contributed by atoms with Crippen LogP contribution in [0.25, 0.3) is 0 Å². The Morgan fingerprint density at radius 3 is 1.02 bits per heavy atom. The molecule has 0 fully saturated rings. The molecule has 0 amide bonds. The smallest absolute Gasteiger partial charge is 0.306 e. The zero-order valence-electron chi connectivity index (χ0n) is 34.6. The quantitative estimate of drug-likeness (QED) is 0.0356. The molecule has 1 unspecified atom stereocenters. The molecule has 0 aromatic rings. The van der Waals surface area contributed by atoms with E-state index in [9.17, 15) is 14.4 Å². The molecular formula is C45H86O6. The van der Waals surface area contributed by atoms with Crippen molar-refractivity contribution in [3.8, 4) is 0 Å². The molecule has 0 saturated carbocycles. The van der Waals surface area contributed by atoms with Gasteiger partial charge >= 0.3 is 17.9 Å². The summed E-state index contributed by atoms with van der Waals surface area (Å²) in [4.78, 5) is 37.4. The third-order valence-corrected chi connectivity index (χ3v) is 10.4. The van der Waals surface area contributed by atoms with Crippen LogP contribution in [-0.4, -0.2) is 37.2 Å². The van der Waals surface area contributed by atoms with E-state index in [-0.39, 0.29) is 31.1 Å². The fourth-order valence-electron chi connectivity index (χ4n) is 6.59. The van der Waals surface area contributed by atoms with Gasteiger partial charge in [0.15, 0.2) is 6.10 Å². The number of esters is 3. The molecule has 6 heteroatoms. The molecule has 0 spiro atoms. The highest BCUT2D eigenvalue weighted by Crippen LogP contribution is 2.17. The maximum Gasteiger partial charge on any atom is 0.306 e. The molecule has 0 N–H and O–H groups in total. The molecule has 0 rings (SSSR count). The summed E-state index contributed by atoms with van der Waals surface area (Å²) in [5, 5.41) is 0. The topological polar surface area (TPSA) is 78.9 Å². The third kappa shape index (κ3) is 38.0. The van der Waals surface area contributed by atoms with Gasteiger partial charge in [0.2, 0.25) is 0 Å². The molecule has 0 saturated heterocycles. The summed E-state index contributed by atoms with van der Waals surface area (Å²) in [6, 6.07) is 0. The van der Waals surface area contributed by atoms with Gasteiger partial charge in [-0.1, -0.05) is 207 Å². The lowest BCUT2D eigenvalue weighted by Crippen LogP contribution is -2.30. The number of carbonyl (C=O) groups excluding carboxylic acids is 3. The van der Waals surface area contributed by atoms with E-state index in [2.05, 4.69) is 27.7 Å². The second-order valence-corrected chi connectivity index (χ2v) is 15.6. The number of hydrogen-bond acceptors (Lipinski definition) is 6. The fraction of sp³-hybridized carbons (Fsp3) is 0.933. The van der Waals surface area contributed by atoms with Gasteiger partial charge in [-0.25, -0.2) is 0 Å². The Bertz CT molecular complexity index is 768. The second kappa shape index (κ2) is 39.6. The molecule has 0 aromatic heterocycles. The average molecular weight is 723 g/mol. The predicted molar refractivity (Wildman–Crippen MR) is 215 cm³/mol. The molecule has 0 aliphatic carbocycles. The van der Waals surface area contributed by atoms with E-state index in [0.29, 0.717) is 19.3 Å². The van der Waals surface area contributed by atoms with Crippen molar-refractivity contribution in [1.29, 1.82) is 0 Å². The van der Waals surface area contributed by atoms with E-state index in [1.54, 1.807) is 0 Å². The number of carbonyl (C=O) groups is 3. The fourth-order valence-corrected chi connectivity index (χ4v) is 6.59. The summed E-state index contributed by atoms with van der Waals surface area (Å²) in [6.45, 7) is 8.95. The summed E-state index contributed by atoms with van der Waals surface area (Å²) in [5.41, 5.74) is 0. The highest BCUT2D eigenvalue weighted by molar-refractivity contribution is 5.71. The SMILES string of the molecule is CCCCCCCCCCCCC(=O)OC[C@H](COC(=O)CCCCCCC)OC(=O)CCCCCCCCCCCCCCCCC(C)CC. The van der Waals surface area contributed by atoms with E-state index in [0.717, 1.165) is 70.1 Å². The molecular weight excluding hydrogens is 636 g/mol. The molecule has 0 aromatic carbocycles. The first kappa shape index (κ1) is 49.4. The normalized spacial score (nSPS) is 12.5. The van der Waals surface area contributed by atoms with Crippen molar-refractivity contribution in [3.05, 3.63) is 0 Å². The number of hydrogen-bond donors (Lipinski definition) is 0. The Kier molecular flexibility index (Phi) is 38.4. The Hall–Kier alpha value is -1.59. The van der Waals surface area contributed by atoms with E-state index in [1.807, 2.05) is 0 Å². The summed E-state index contributed by atoms with van der Waals surface area (Å²) >= 11 is 0. The van der Waals surface area contributed by atoms with E-state index >= 15 is 0 Å². The van der Waals surface area contributed by atoms with Gasteiger partial charge in [-0.2, -0.15) is 0 Å². The van der Waals surface area contributed by atoms with Crippen molar-refractivity contribution in [2.24, 2.45) is 5.92 Å². The van der Waals surface area contributed by atoms with Crippen molar-refractivity contribution < 1.29 is 28.6 Å². The van der Waals surface area contributed by atoms with Crippen LogP contribution in [0.15, 0.2) is 0 Å². The highest BCUT2D eigenvalue weighted by Gasteiger charge is 2.19. The zero-order valence-corrected chi connectivity index (χ0v) is 34.6. The van der Waals surface area contributed by atoms with Crippen molar-refractivity contribution in [2.45, 2.75) is 252 Å². The summed E-state index contributed by atoms with van der Waals surface area (Å²) in [5.74, 6) is 0.0240. The van der Waals surface area contributed by atoms with Crippen molar-refractivity contribution in [1.82, 2.24) is 0 Å².